The number of benzene rings is 2. The summed E-state index contributed by atoms with van der Waals surface area (Å²) in [5, 5.41) is 21.1. The van der Waals surface area contributed by atoms with Gasteiger partial charge >= 0.3 is 0 Å². The molecule has 0 saturated heterocycles. The highest BCUT2D eigenvalue weighted by Crippen LogP contribution is 2.24. The highest BCUT2D eigenvalue weighted by Gasteiger charge is 2.05. The molecule has 0 amide bonds. The number of nitrogens with one attached hydrogen (secondary N) is 1. The molecule has 2 aromatic rings. The predicted octanol–water partition coefficient (Wildman–Crippen LogP) is 4.21. The Morgan fingerprint density at radius 3 is 2.41 bits per heavy atom. The summed E-state index contributed by atoms with van der Waals surface area (Å²) in [6.45, 7) is 2.35. The second kappa shape index (κ2) is 8.47. The van der Waals surface area contributed by atoms with Crippen LogP contribution in [0.1, 0.15) is 30.5 Å². The number of aliphatic hydroxyl groups is 1. The van der Waals surface area contributed by atoms with E-state index in [-0.39, 0.29) is 12.6 Å². The highest BCUT2D eigenvalue weighted by molar-refractivity contribution is 7.99. The summed E-state index contributed by atoms with van der Waals surface area (Å²) < 4.78 is 0. The quantitative estimate of drug-likeness (QED) is 0.594. The summed E-state index contributed by atoms with van der Waals surface area (Å²) in [7, 11) is 0. The monoisotopic (exact) mass is 312 g/mol. The molecular formula is C18H20N2OS. The van der Waals surface area contributed by atoms with E-state index >= 15 is 0 Å². The number of hydrogen-bond acceptors (Lipinski definition) is 4. The Kier molecular flexibility index (Phi) is 6.32. The molecule has 0 heterocycles. The largest absolute Gasteiger partial charge is 0.396 e. The van der Waals surface area contributed by atoms with Gasteiger partial charge in [0.05, 0.1) is 11.6 Å². The first kappa shape index (κ1) is 16.4. The molecule has 0 radical (unpaired) electrons. The molecule has 3 nitrogen and oxygen atoms in total. The zero-order chi connectivity index (χ0) is 15.8. The number of hydrogen-bond donors (Lipinski definition) is 2. The van der Waals surface area contributed by atoms with Gasteiger partial charge < -0.3 is 10.4 Å². The molecule has 0 aliphatic carbocycles. The van der Waals surface area contributed by atoms with E-state index in [1.54, 1.807) is 11.8 Å². The lowest BCUT2D eigenvalue weighted by Gasteiger charge is -2.16. The number of aliphatic hydroxyl groups excluding tert-OH is 1. The Balaban J connectivity index is 1.93. The maximum atomic E-state index is 8.82. The third-order valence-corrected chi connectivity index (χ3v) is 4.45. The fourth-order valence-corrected chi connectivity index (χ4v) is 2.92. The topological polar surface area (TPSA) is 56.0 Å². The van der Waals surface area contributed by atoms with Crippen LogP contribution in [0, 0.1) is 11.3 Å². The van der Waals surface area contributed by atoms with E-state index in [2.05, 4.69) is 42.6 Å². The average Bonchev–Trinajstić information content (AvgIpc) is 2.57. The fourth-order valence-electron chi connectivity index (χ4n) is 2.08. The number of rotatable bonds is 7. The van der Waals surface area contributed by atoms with Crippen LogP contribution in [-0.4, -0.2) is 17.5 Å². The summed E-state index contributed by atoms with van der Waals surface area (Å²) in [5.74, 6) is 0.935. The van der Waals surface area contributed by atoms with Gasteiger partial charge in [-0.15, -0.1) is 11.8 Å². The first-order valence-electron chi connectivity index (χ1n) is 7.33. The first-order valence-corrected chi connectivity index (χ1v) is 8.32. The van der Waals surface area contributed by atoms with Crippen molar-refractivity contribution in [1.82, 2.24) is 0 Å². The Hall–Kier alpha value is -1.96. The van der Waals surface area contributed by atoms with E-state index in [4.69, 9.17) is 10.4 Å². The molecular weight excluding hydrogens is 292 g/mol. The Labute approximate surface area is 136 Å². The number of nitriles is 1. The molecule has 0 fully saturated rings. The van der Waals surface area contributed by atoms with Crippen molar-refractivity contribution in [3.8, 4) is 6.07 Å². The third kappa shape index (κ3) is 4.80. The van der Waals surface area contributed by atoms with Crippen molar-refractivity contribution in [1.29, 1.82) is 5.26 Å². The van der Waals surface area contributed by atoms with Crippen molar-refractivity contribution < 1.29 is 5.11 Å². The van der Waals surface area contributed by atoms with Gasteiger partial charge in [-0.1, -0.05) is 12.1 Å². The molecule has 1 unspecified atom stereocenters. The number of anilines is 1. The van der Waals surface area contributed by atoms with Crippen LogP contribution in [0.2, 0.25) is 0 Å². The van der Waals surface area contributed by atoms with Crippen LogP contribution in [0.4, 0.5) is 5.69 Å². The summed E-state index contributed by atoms with van der Waals surface area (Å²) in [5.41, 5.74) is 2.91. The molecule has 4 heteroatoms. The second-order valence-corrected chi connectivity index (χ2v) is 6.22. The van der Waals surface area contributed by atoms with Crippen LogP contribution in [0.5, 0.6) is 0 Å². The van der Waals surface area contributed by atoms with Crippen molar-refractivity contribution in [3.63, 3.8) is 0 Å². The van der Waals surface area contributed by atoms with Gasteiger partial charge in [-0.05, 0) is 55.3 Å². The molecule has 0 aliphatic heterocycles. The minimum atomic E-state index is 0.181. The maximum Gasteiger partial charge on any atom is 0.0991 e. The molecule has 114 valence electrons. The molecule has 0 bridgehead atoms. The Morgan fingerprint density at radius 1 is 1.14 bits per heavy atom. The molecule has 1 atom stereocenters. The van der Waals surface area contributed by atoms with E-state index in [0.29, 0.717) is 5.56 Å². The molecule has 0 saturated carbocycles. The number of thioether (sulfide) groups is 1. The predicted molar refractivity (Wildman–Crippen MR) is 92.1 cm³/mol. The van der Waals surface area contributed by atoms with Crippen molar-refractivity contribution in [2.75, 3.05) is 17.7 Å². The van der Waals surface area contributed by atoms with Crippen molar-refractivity contribution in [2.24, 2.45) is 0 Å². The zero-order valence-electron chi connectivity index (χ0n) is 12.6. The summed E-state index contributed by atoms with van der Waals surface area (Å²) >= 11 is 1.75. The molecule has 2 rings (SSSR count). The molecule has 0 aliphatic rings. The van der Waals surface area contributed by atoms with Gasteiger partial charge in [0, 0.05) is 29.0 Å². The Morgan fingerprint density at radius 2 is 1.82 bits per heavy atom. The lowest BCUT2D eigenvalue weighted by atomic mass is 10.1. The minimum absolute atomic E-state index is 0.181. The van der Waals surface area contributed by atoms with Crippen LogP contribution >= 0.6 is 11.8 Å². The summed E-state index contributed by atoms with van der Waals surface area (Å²) in [6, 6.07) is 18.3. The van der Waals surface area contributed by atoms with Crippen LogP contribution in [0.25, 0.3) is 0 Å². The van der Waals surface area contributed by atoms with Gasteiger partial charge in [-0.3, -0.25) is 0 Å². The van der Waals surface area contributed by atoms with Crippen LogP contribution < -0.4 is 5.32 Å². The molecule has 22 heavy (non-hydrogen) atoms. The van der Waals surface area contributed by atoms with Crippen LogP contribution in [0.15, 0.2) is 53.4 Å². The van der Waals surface area contributed by atoms with Crippen LogP contribution in [0.3, 0.4) is 0 Å². The second-order valence-electron chi connectivity index (χ2n) is 5.05. The summed E-state index contributed by atoms with van der Waals surface area (Å²) in [6.07, 6.45) is 0.820. The third-order valence-electron chi connectivity index (χ3n) is 3.35. The SMILES string of the molecule is CC(Nc1ccc(SCCCO)cc1)c1ccc(C#N)cc1. The average molecular weight is 312 g/mol. The molecule has 0 aromatic heterocycles. The highest BCUT2D eigenvalue weighted by atomic mass is 32.2. The van der Waals surface area contributed by atoms with E-state index in [0.717, 1.165) is 23.4 Å². The minimum Gasteiger partial charge on any atom is -0.396 e. The van der Waals surface area contributed by atoms with E-state index in [1.807, 2.05) is 24.3 Å². The standard InChI is InChI=1S/C18H20N2OS/c1-14(16-5-3-15(13-19)4-6-16)20-17-7-9-18(10-8-17)22-12-2-11-21/h3-10,14,20-21H,2,11-12H2,1H3. The smallest absolute Gasteiger partial charge is 0.0991 e. The lowest BCUT2D eigenvalue weighted by molar-refractivity contribution is 0.296. The van der Waals surface area contributed by atoms with Gasteiger partial charge in [-0.25, -0.2) is 0 Å². The van der Waals surface area contributed by atoms with Crippen molar-refractivity contribution >= 4 is 17.4 Å². The van der Waals surface area contributed by atoms with Gasteiger partial charge in [0.1, 0.15) is 0 Å². The zero-order valence-corrected chi connectivity index (χ0v) is 13.4. The van der Waals surface area contributed by atoms with Gasteiger partial charge in [0.25, 0.3) is 0 Å². The fraction of sp³-hybridized carbons (Fsp3) is 0.278. The van der Waals surface area contributed by atoms with Gasteiger partial charge in [-0.2, -0.15) is 5.26 Å². The molecule has 2 N–H and O–H groups in total. The van der Waals surface area contributed by atoms with Gasteiger partial charge in [0.15, 0.2) is 0 Å². The van der Waals surface area contributed by atoms with E-state index < -0.39 is 0 Å². The number of nitrogens with zero attached hydrogens (tertiary/aromatic N) is 1. The molecule has 0 spiro atoms. The maximum absolute atomic E-state index is 8.82. The lowest BCUT2D eigenvalue weighted by Crippen LogP contribution is -2.06. The van der Waals surface area contributed by atoms with E-state index in [9.17, 15) is 0 Å². The van der Waals surface area contributed by atoms with E-state index in [1.165, 1.54) is 4.90 Å². The van der Waals surface area contributed by atoms with Crippen molar-refractivity contribution in [3.05, 3.63) is 59.7 Å². The first-order chi connectivity index (χ1) is 10.7. The summed E-state index contributed by atoms with van der Waals surface area (Å²) in [4.78, 5) is 1.21. The van der Waals surface area contributed by atoms with Gasteiger partial charge in [0.2, 0.25) is 0 Å². The van der Waals surface area contributed by atoms with Crippen molar-refractivity contribution in [2.45, 2.75) is 24.3 Å². The Bertz CT molecular complexity index is 617. The molecule has 2 aromatic carbocycles. The normalized spacial score (nSPS) is 11.7. The van der Waals surface area contributed by atoms with Crippen LogP contribution in [-0.2, 0) is 0 Å².